The van der Waals surface area contributed by atoms with Crippen LogP contribution >= 0.6 is 0 Å². The van der Waals surface area contributed by atoms with Gasteiger partial charge >= 0.3 is 12.0 Å². The molecule has 1 aromatic rings. The van der Waals surface area contributed by atoms with Crippen molar-refractivity contribution in [3.63, 3.8) is 0 Å². The maximum atomic E-state index is 13.0. The van der Waals surface area contributed by atoms with Crippen molar-refractivity contribution in [2.75, 3.05) is 26.2 Å². The fourth-order valence-corrected chi connectivity index (χ4v) is 5.59. The van der Waals surface area contributed by atoms with Gasteiger partial charge in [-0.05, 0) is 56.1 Å². The minimum absolute atomic E-state index is 0.0136. The number of hydrogen-bond donors (Lipinski definition) is 5. The van der Waals surface area contributed by atoms with Crippen molar-refractivity contribution < 1.29 is 29.4 Å². The number of fused-ring (bicyclic) bond motifs is 1. The van der Waals surface area contributed by atoms with Gasteiger partial charge in [0, 0.05) is 25.2 Å². The van der Waals surface area contributed by atoms with E-state index in [-0.39, 0.29) is 24.9 Å². The number of rotatable bonds is 11. The second-order valence-corrected chi connectivity index (χ2v) is 10.5. The lowest BCUT2D eigenvalue weighted by Gasteiger charge is -2.39. The standard InChI is InChI=1S/C27H39N5O6/c1-2-20(26(36)37)29-24(34)22-11-6-13-32(22)23(33)15-28-27(38)30-21(18-8-5-9-18)16-31-14-12-17-7-3-4-10-19(17)25(31)35/h3-4,7,10,18,20-23,33H,2,5-6,8-9,11-16H2,1H3,(H,29,34)(H,36,37)(H2,28,30,38)/t20-,21+,22-,23?/m0/s1. The van der Waals surface area contributed by atoms with E-state index >= 15 is 0 Å². The van der Waals surface area contributed by atoms with Gasteiger partial charge in [-0.15, -0.1) is 0 Å². The predicted octanol–water partition coefficient (Wildman–Crippen LogP) is 0.915. The van der Waals surface area contributed by atoms with Gasteiger partial charge in [-0.2, -0.15) is 0 Å². The third kappa shape index (κ3) is 6.44. The lowest BCUT2D eigenvalue weighted by molar-refractivity contribution is -0.143. The maximum Gasteiger partial charge on any atom is 0.326 e. The van der Waals surface area contributed by atoms with E-state index in [9.17, 15) is 29.4 Å². The summed E-state index contributed by atoms with van der Waals surface area (Å²) in [4.78, 5) is 53.2. The first kappa shape index (κ1) is 27.8. The van der Waals surface area contributed by atoms with Gasteiger partial charge in [0.1, 0.15) is 12.3 Å². The summed E-state index contributed by atoms with van der Waals surface area (Å²) in [5, 5.41) is 28.2. The number of benzene rings is 1. The van der Waals surface area contributed by atoms with Crippen LogP contribution < -0.4 is 16.0 Å². The smallest absolute Gasteiger partial charge is 0.326 e. The molecule has 3 aliphatic rings. The number of aliphatic hydroxyl groups excluding tert-OH is 1. The van der Waals surface area contributed by atoms with Gasteiger partial charge in [-0.3, -0.25) is 14.5 Å². The maximum absolute atomic E-state index is 13.0. The number of carbonyl (C=O) groups is 4. The fourth-order valence-electron chi connectivity index (χ4n) is 5.59. The van der Waals surface area contributed by atoms with Crippen LogP contribution in [0.1, 0.15) is 61.4 Å². The molecule has 0 aromatic heterocycles. The minimum Gasteiger partial charge on any atom is -0.480 e. The summed E-state index contributed by atoms with van der Waals surface area (Å²) in [6.07, 6.45) is 4.22. The number of urea groups is 1. The van der Waals surface area contributed by atoms with Crippen LogP contribution in [0.15, 0.2) is 24.3 Å². The van der Waals surface area contributed by atoms with Gasteiger partial charge in [0.15, 0.2) is 0 Å². The van der Waals surface area contributed by atoms with Crippen molar-refractivity contribution in [3.05, 3.63) is 35.4 Å². The predicted molar refractivity (Wildman–Crippen MR) is 139 cm³/mol. The second-order valence-electron chi connectivity index (χ2n) is 10.5. The van der Waals surface area contributed by atoms with Crippen LogP contribution in [0, 0.1) is 5.92 Å². The number of likely N-dealkylation sites (tertiary alicyclic amines) is 1. The van der Waals surface area contributed by atoms with Crippen LogP contribution in [0.3, 0.4) is 0 Å². The summed E-state index contributed by atoms with van der Waals surface area (Å²) in [5.41, 5.74) is 1.77. The summed E-state index contributed by atoms with van der Waals surface area (Å²) in [5.74, 6) is -1.25. The first-order chi connectivity index (χ1) is 18.3. The summed E-state index contributed by atoms with van der Waals surface area (Å²) in [6.45, 7) is 3.11. The van der Waals surface area contributed by atoms with Crippen LogP contribution in [0.5, 0.6) is 0 Å². The zero-order valence-electron chi connectivity index (χ0n) is 21.9. The van der Waals surface area contributed by atoms with E-state index in [0.29, 0.717) is 38.4 Å². The highest BCUT2D eigenvalue weighted by Gasteiger charge is 2.37. The molecular formula is C27H39N5O6. The number of aliphatic hydroxyl groups is 1. The monoisotopic (exact) mass is 529 g/mol. The number of nitrogens with one attached hydrogen (secondary N) is 3. The summed E-state index contributed by atoms with van der Waals surface area (Å²) in [6, 6.07) is 5.38. The lowest BCUT2D eigenvalue weighted by Crippen LogP contribution is -2.57. The van der Waals surface area contributed by atoms with E-state index in [1.165, 1.54) is 0 Å². The normalized spacial score (nSPS) is 22.1. The largest absolute Gasteiger partial charge is 0.480 e. The molecule has 4 rings (SSSR count). The number of carboxylic acids is 1. The van der Waals surface area contributed by atoms with Gasteiger partial charge in [0.05, 0.1) is 18.6 Å². The Morgan fingerprint density at radius 3 is 2.53 bits per heavy atom. The molecule has 1 aromatic carbocycles. The molecule has 11 nitrogen and oxygen atoms in total. The highest BCUT2D eigenvalue weighted by Crippen LogP contribution is 2.31. The van der Waals surface area contributed by atoms with Crippen molar-refractivity contribution in [1.29, 1.82) is 0 Å². The Labute approximate surface area is 222 Å². The molecule has 1 aliphatic carbocycles. The summed E-state index contributed by atoms with van der Waals surface area (Å²) >= 11 is 0. The van der Waals surface area contributed by atoms with Gasteiger partial charge in [0.25, 0.3) is 5.91 Å². The molecule has 38 heavy (non-hydrogen) atoms. The van der Waals surface area contributed by atoms with Crippen LogP contribution in [0.4, 0.5) is 4.79 Å². The molecule has 2 heterocycles. The molecule has 2 fully saturated rings. The Bertz CT molecular complexity index is 1030. The second kappa shape index (κ2) is 12.6. The van der Waals surface area contributed by atoms with E-state index in [1.54, 1.807) is 11.8 Å². The molecule has 11 heteroatoms. The fraction of sp³-hybridized carbons (Fsp3) is 0.630. The quantitative estimate of drug-likeness (QED) is 0.286. The first-order valence-electron chi connectivity index (χ1n) is 13.7. The molecule has 208 valence electrons. The number of carboxylic acid groups (broad SMARTS) is 1. The lowest BCUT2D eigenvalue weighted by atomic mass is 9.79. The molecular weight excluding hydrogens is 490 g/mol. The Morgan fingerprint density at radius 1 is 1.08 bits per heavy atom. The van der Waals surface area contributed by atoms with E-state index in [4.69, 9.17) is 0 Å². The zero-order valence-corrected chi connectivity index (χ0v) is 21.9. The molecule has 5 N–H and O–H groups in total. The van der Waals surface area contributed by atoms with E-state index in [1.807, 2.05) is 29.2 Å². The molecule has 0 radical (unpaired) electrons. The number of carbonyl (C=O) groups excluding carboxylic acids is 3. The third-order valence-electron chi connectivity index (χ3n) is 8.09. The molecule has 1 saturated carbocycles. The van der Waals surface area contributed by atoms with E-state index in [0.717, 1.165) is 36.8 Å². The zero-order chi connectivity index (χ0) is 27.2. The number of nitrogens with zero attached hydrogens (tertiary/aromatic N) is 2. The van der Waals surface area contributed by atoms with Gasteiger partial charge in [-0.25, -0.2) is 9.59 Å². The van der Waals surface area contributed by atoms with Crippen molar-refractivity contribution in [3.8, 4) is 0 Å². The molecule has 1 unspecified atom stereocenters. The van der Waals surface area contributed by atoms with E-state index in [2.05, 4.69) is 16.0 Å². The summed E-state index contributed by atoms with van der Waals surface area (Å²) < 4.78 is 0. The highest BCUT2D eigenvalue weighted by molar-refractivity contribution is 5.96. The van der Waals surface area contributed by atoms with Crippen molar-refractivity contribution >= 4 is 23.8 Å². The molecule has 4 amide bonds. The Balaban J connectivity index is 1.29. The Hall–Kier alpha value is -3.18. The molecule has 1 saturated heterocycles. The van der Waals surface area contributed by atoms with Gasteiger partial charge in [0.2, 0.25) is 5.91 Å². The topological polar surface area (TPSA) is 151 Å². The highest BCUT2D eigenvalue weighted by atomic mass is 16.4. The van der Waals surface area contributed by atoms with E-state index < -0.39 is 36.2 Å². The van der Waals surface area contributed by atoms with Gasteiger partial charge in [-0.1, -0.05) is 31.5 Å². The third-order valence-corrected chi connectivity index (χ3v) is 8.09. The average molecular weight is 530 g/mol. The molecule has 0 bridgehead atoms. The molecule has 2 aliphatic heterocycles. The van der Waals surface area contributed by atoms with Crippen LogP contribution in [0.2, 0.25) is 0 Å². The van der Waals surface area contributed by atoms with Crippen LogP contribution in [0.25, 0.3) is 0 Å². The number of amides is 4. The molecule has 0 spiro atoms. The van der Waals surface area contributed by atoms with Gasteiger partial charge < -0.3 is 31.1 Å². The summed E-state index contributed by atoms with van der Waals surface area (Å²) in [7, 11) is 0. The van der Waals surface area contributed by atoms with Crippen molar-refractivity contribution in [1.82, 2.24) is 25.8 Å². The Morgan fingerprint density at radius 2 is 1.84 bits per heavy atom. The SMILES string of the molecule is CC[C@H](NC(=O)[C@@H]1CCCN1C(O)CNC(=O)N[C@H](CN1CCc2ccccc2C1=O)C1CCC1)C(=O)O. The van der Waals surface area contributed by atoms with Crippen molar-refractivity contribution in [2.24, 2.45) is 5.92 Å². The van der Waals surface area contributed by atoms with Crippen molar-refractivity contribution in [2.45, 2.75) is 76.2 Å². The molecule has 4 atom stereocenters. The van der Waals surface area contributed by atoms with Crippen LogP contribution in [-0.4, -0.2) is 94.4 Å². The Kier molecular flexibility index (Phi) is 9.22. The van der Waals surface area contributed by atoms with Crippen LogP contribution in [-0.2, 0) is 16.0 Å². The average Bonchev–Trinajstić information content (AvgIpc) is 3.36. The minimum atomic E-state index is -1.10. The number of aliphatic carboxylic acids is 1. The first-order valence-corrected chi connectivity index (χ1v) is 13.7. The number of hydrogen-bond acceptors (Lipinski definition) is 6.